The van der Waals surface area contributed by atoms with E-state index >= 15 is 0 Å². The summed E-state index contributed by atoms with van der Waals surface area (Å²) in [5.74, 6) is 0.530. The van der Waals surface area contributed by atoms with Gasteiger partial charge in [-0.1, -0.05) is 19.9 Å². The number of amides is 1. The van der Waals surface area contributed by atoms with Crippen LogP contribution in [0.5, 0.6) is 0 Å². The number of fused-ring (bicyclic) bond motifs is 1. The van der Waals surface area contributed by atoms with Crippen LogP contribution in [0.3, 0.4) is 0 Å². The number of nitro groups is 1. The van der Waals surface area contributed by atoms with Crippen molar-refractivity contribution in [3.63, 3.8) is 0 Å². The Balaban J connectivity index is 1.37. The van der Waals surface area contributed by atoms with Crippen LogP contribution in [-0.2, 0) is 4.74 Å². The molecule has 1 aromatic heterocycles. The fraction of sp³-hybridized carbons (Fsp3) is 0.286. The molecule has 1 aliphatic heterocycles. The van der Waals surface area contributed by atoms with Gasteiger partial charge in [0, 0.05) is 36.5 Å². The average Bonchev–Trinajstić information content (AvgIpc) is 3.36. The zero-order chi connectivity index (χ0) is 25.9. The molecule has 1 amide bonds. The zero-order valence-electron chi connectivity index (χ0n) is 20.8. The third kappa shape index (κ3) is 5.17. The first-order chi connectivity index (χ1) is 17.9. The quantitative estimate of drug-likeness (QED) is 0.244. The number of ether oxygens (including phenoxy) is 1. The summed E-state index contributed by atoms with van der Waals surface area (Å²) in [6.45, 7) is 6.63. The van der Waals surface area contributed by atoms with Crippen molar-refractivity contribution in [1.82, 2.24) is 4.98 Å². The summed E-state index contributed by atoms with van der Waals surface area (Å²) >= 11 is 0. The molecule has 0 aliphatic carbocycles. The van der Waals surface area contributed by atoms with Gasteiger partial charge in [0.15, 0.2) is 5.58 Å². The molecule has 3 aromatic carbocycles. The Morgan fingerprint density at radius 2 is 1.86 bits per heavy atom. The molecule has 37 heavy (non-hydrogen) atoms. The lowest BCUT2D eigenvalue weighted by Crippen LogP contribution is -2.37. The van der Waals surface area contributed by atoms with Crippen molar-refractivity contribution < 1.29 is 18.9 Å². The van der Waals surface area contributed by atoms with Crippen LogP contribution in [0.2, 0.25) is 0 Å². The maximum Gasteiger partial charge on any atom is 0.270 e. The van der Waals surface area contributed by atoms with Crippen molar-refractivity contribution >= 4 is 34.1 Å². The number of nitro benzene ring substituents is 1. The van der Waals surface area contributed by atoms with E-state index in [4.69, 9.17) is 9.15 Å². The summed E-state index contributed by atoms with van der Waals surface area (Å²) in [5.41, 5.74) is 4.86. The molecule has 2 heterocycles. The second kappa shape index (κ2) is 10.4. The Labute approximate surface area is 214 Å². The molecular weight excluding hydrogens is 472 g/mol. The van der Waals surface area contributed by atoms with Crippen molar-refractivity contribution in [3.05, 3.63) is 81.9 Å². The fourth-order valence-electron chi connectivity index (χ4n) is 4.40. The number of benzene rings is 3. The van der Waals surface area contributed by atoms with Gasteiger partial charge in [-0.25, -0.2) is 4.98 Å². The van der Waals surface area contributed by atoms with E-state index in [1.165, 1.54) is 17.7 Å². The largest absolute Gasteiger partial charge is 0.436 e. The van der Waals surface area contributed by atoms with E-state index in [1.807, 2.05) is 23.1 Å². The number of non-ortho nitro benzene ring substituents is 1. The maximum atomic E-state index is 13.2. The fourth-order valence-corrected chi connectivity index (χ4v) is 4.40. The number of nitrogens with one attached hydrogen (secondary N) is 1. The highest BCUT2D eigenvalue weighted by atomic mass is 16.6. The van der Waals surface area contributed by atoms with Gasteiger partial charge in [-0.05, 0) is 60.4 Å². The molecule has 1 aliphatic rings. The smallest absolute Gasteiger partial charge is 0.270 e. The van der Waals surface area contributed by atoms with E-state index in [2.05, 4.69) is 36.3 Å². The van der Waals surface area contributed by atoms with Gasteiger partial charge in [0.25, 0.3) is 11.6 Å². The number of carbonyl (C=O) groups is 1. The second-order valence-corrected chi connectivity index (χ2v) is 9.14. The standard InChI is InChI=1S/C28H28N4O5/c1-3-18(2)20-6-11-26-24(16-20)30-28(37-26)19-4-7-21(8-5-19)29-27(33)23-17-22(32(34)35)9-10-25(23)31-12-14-36-15-13-31/h4-11,16-18H,3,12-15H2,1-2H3,(H,29,33). The van der Waals surface area contributed by atoms with E-state index in [1.54, 1.807) is 18.2 Å². The highest BCUT2D eigenvalue weighted by Crippen LogP contribution is 2.30. The van der Waals surface area contributed by atoms with Gasteiger partial charge < -0.3 is 19.4 Å². The topological polar surface area (TPSA) is 111 Å². The Morgan fingerprint density at radius 3 is 2.57 bits per heavy atom. The molecule has 9 heteroatoms. The number of rotatable bonds is 7. The minimum absolute atomic E-state index is 0.134. The summed E-state index contributed by atoms with van der Waals surface area (Å²) in [7, 11) is 0. The van der Waals surface area contributed by atoms with Crippen molar-refractivity contribution in [2.75, 3.05) is 36.5 Å². The van der Waals surface area contributed by atoms with Crippen LogP contribution in [0.15, 0.2) is 65.1 Å². The van der Waals surface area contributed by atoms with Crippen LogP contribution >= 0.6 is 0 Å². The number of carbonyl (C=O) groups excluding carboxylic acids is 1. The number of morpholine rings is 1. The first kappa shape index (κ1) is 24.5. The highest BCUT2D eigenvalue weighted by molar-refractivity contribution is 6.08. The molecule has 1 saturated heterocycles. The lowest BCUT2D eigenvalue weighted by atomic mass is 9.98. The van der Waals surface area contributed by atoms with Gasteiger partial charge in [-0.3, -0.25) is 14.9 Å². The van der Waals surface area contributed by atoms with Gasteiger partial charge in [0.1, 0.15) is 5.52 Å². The van der Waals surface area contributed by atoms with Crippen LogP contribution in [0.1, 0.15) is 42.1 Å². The molecule has 0 bridgehead atoms. The summed E-state index contributed by atoms with van der Waals surface area (Å²) in [4.78, 5) is 30.7. The number of hydrogen-bond acceptors (Lipinski definition) is 7. The lowest BCUT2D eigenvalue weighted by molar-refractivity contribution is -0.384. The average molecular weight is 501 g/mol. The molecule has 190 valence electrons. The number of nitrogens with zero attached hydrogens (tertiary/aromatic N) is 3. The van der Waals surface area contributed by atoms with Crippen molar-refractivity contribution in [3.8, 4) is 11.5 Å². The molecular formula is C28H28N4O5. The minimum atomic E-state index is -0.499. The highest BCUT2D eigenvalue weighted by Gasteiger charge is 2.22. The predicted molar refractivity (Wildman–Crippen MR) is 142 cm³/mol. The lowest BCUT2D eigenvalue weighted by Gasteiger charge is -2.30. The molecule has 9 nitrogen and oxygen atoms in total. The molecule has 5 rings (SSSR count). The number of hydrogen-bond donors (Lipinski definition) is 1. The third-order valence-corrected chi connectivity index (χ3v) is 6.77. The monoisotopic (exact) mass is 500 g/mol. The second-order valence-electron chi connectivity index (χ2n) is 9.14. The number of aromatic nitrogens is 1. The van der Waals surface area contributed by atoms with E-state index in [0.29, 0.717) is 49.5 Å². The van der Waals surface area contributed by atoms with Gasteiger partial charge in [0.05, 0.1) is 29.4 Å². The van der Waals surface area contributed by atoms with Gasteiger partial charge in [-0.2, -0.15) is 0 Å². The predicted octanol–water partition coefficient (Wildman–Crippen LogP) is 6.01. The zero-order valence-corrected chi connectivity index (χ0v) is 20.8. The van der Waals surface area contributed by atoms with Crippen molar-refractivity contribution in [1.29, 1.82) is 0 Å². The van der Waals surface area contributed by atoms with E-state index in [9.17, 15) is 14.9 Å². The Hall–Kier alpha value is -4.24. The molecule has 0 saturated carbocycles. The number of oxazole rings is 1. The molecule has 1 unspecified atom stereocenters. The summed E-state index contributed by atoms with van der Waals surface area (Å²) in [6, 6.07) is 17.6. The third-order valence-electron chi connectivity index (χ3n) is 6.77. The maximum absolute atomic E-state index is 13.2. The molecule has 1 atom stereocenters. The number of anilines is 2. The summed E-state index contributed by atoms with van der Waals surface area (Å²) in [5, 5.41) is 14.2. The minimum Gasteiger partial charge on any atom is -0.436 e. The SMILES string of the molecule is CCC(C)c1ccc2oc(-c3ccc(NC(=O)c4cc([N+](=O)[O-])ccc4N4CCOCC4)cc3)nc2c1. The first-order valence-electron chi connectivity index (χ1n) is 12.4. The van der Waals surface area contributed by atoms with Crippen LogP contribution in [0, 0.1) is 10.1 Å². The van der Waals surface area contributed by atoms with E-state index < -0.39 is 10.8 Å². The Bertz CT molecular complexity index is 1440. The van der Waals surface area contributed by atoms with E-state index in [-0.39, 0.29) is 11.3 Å². The van der Waals surface area contributed by atoms with E-state index in [0.717, 1.165) is 23.1 Å². The molecule has 1 N–H and O–H groups in total. The van der Waals surface area contributed by atoms with Gasteiger partial charge >= 0.3 is 0 Å². The molecule has 0 spiro atoms. The Morgan fingerprint density at radius 1 is 1.11 bits per heavy atom. The molecule has 4 aromatic rings. The van der Waals surface area contributed by atoms with Crippen molar-refractivity contribution in [2.24, 2.45) is 0 Å². The van der Waals surface area contributed by atoms with Crippen molar-refractivity contribution in [2.45, 2.75) is 26.2 Å². The molecule has 0 radical (unpaired) electrons. The Kier molecular flexibility index (Phi) is 6.87. The van der Waals surface area contributed by atoms with Crippen LogP contribution in [-0.4, -0.2) is 42.1 Å². The molecule has 1 fully saturated rings. The summed E-state index contributed by atoms with van der Waals surface area (Å²) in [6.07, 6.45) is 1.05. The van der Waals surface area contributed by atoms with Gasteiger partial charge in [0.2, 0.25) is 5.89 Å². The van der Waals surface area contributed by atoms with Crippen LogP contribution < -0.4 is 10.2 Å². The van der Waals surface area contributed by atoms with Crippen LogP contribution in [0.25, 0.3) is 22.6 Å². The normalized spacial score (nSPS) is 14.5. The first-order valence-corrected chi connectivity index (χ1v) is 12.4. The van der Waals surface area contributed by atoms with Crippen LogP contribution in [0.4, 0.5) is 17.1 Å². The van der Waals surface area contributed by atoms with Gasteiger partial charge in [-0.15, -0.1) is 0 Å². The summed E-state index contributed by atoms with van der Waals surface area (Å²) < 4.78 is 11.4.